The molecule has 6 nitrogen and oxygen atoms in total. The molecule has 122 valence electrons. The zero-order chi connectivity index (χ0) is 16.4. The van der Waals surface area contributed by atoms with Gasteiger partial charge in [-0.15, -0.1) is 6.58 Å². The Morgan fingerprint density at radius 1 is 1.18 bits per heavy atom. The lowest BCUT2D eigenvalue weighted by Gasteiger charge is -2.08. The molecule has 0 fully saturated rings. The zero-order valence-electron chi connectivity index (χ0n) is 12.8. The Kier molecular flexibility index (Phi) is 7.79. The Balaban J connectivity index is 2.57. The fourth-order valence-electron chi connectivity index (χ4n) is 1.71. The van der Waals surface area contributed by atoms with Gasteiger partial charge in [0.25, 0.3) is 5.91 Å². The van der Waals surface area contributed by atoms with Crippen molar-refractivity contribution in [2.45, 2.75) is 18.2 Å². The van der Waals surface area contributed by atoms with Gasteiger partial charge in [0, 0.05) is 25.2 Å². The van der Waals surface area contributed by atoms with Gasteiger partial charge in [0.05, 0.1) is 4.90 Å². The molecule has 1 aromatic rings. The van der Waals surface area contributed by atoms with Crippen molar-refractivity contribution in [1.82, 2.24) is 15.4 Å². The molecule has 1 amide bonds. The van der Waals surface area contributed by atoms with Gasteiger partial charge < -0.3 is 10.6 Å². The van der Waals surface area contributed by atoms with Crippen LogP contribution in [0, 0.1) is 0 Å². The smallest absolute Gasteiger partial charge is 0.251 e. The van der Waals surface area contributed by atoms with Crippen LogP contribution in [-0.2, 0) is 10.0 Å². The average molecular weight is 325 g/mol. The van der Waals surface area contributed by atoms with E-state index in [1.165, 1.54) is 30.3 Å². The first kappa shape index (κ1) is 18.3. The van der Waals surface area contributed by atoms with Crippen LogP contribution < -0.4 is 15.4 Å². The van der Waals surface area contributed by atoms with Crippen molar-refractivity contribution < 1.29 is 13.2 Å². The van der Waals surface area contributed by atoms with Gasteiger partial charge in [-0.3, -0.25) is 4.79 Å². The maximum atomic E-state index is 11.9. The van der Waals surface area contributed by atoms with E-state index >= 15 is 0 Å². The Hall–Kier alpha value is -1.70. The van der Waals surface area contributed by atoms with Crippen LogP contribution in [-0.4, -0.2) is 40.5 Å². The number of sulfonamides is 1. The Bertz CT molecular complexity index is 583. The number of rotatable bonds is 10. The summed E-state index contributed by atoms with van der Waals surface area (Å²) >= 11 is 0. The first-order valence-corrected chi connectivity index (χ1v) is 8.69. The molecule has 22 heavy (non-hydrogen) atoms. The standard InChI is InChI=1S/C15H23N3O3S/c1-3-9-16-11-12-17-15(19)13-5-7-14(8-6-13)22(20,21)18-10-4-2/h4-8,16,18H,2-3,9-12H2,1H3,(H,17,19). The highest BCUT2D eigenvalue weighted by Crippen LogP contribution is 2.10. The van der Waals surface area contributed by atoms with E-state index in [4.69, 9.17) is 0 Å². The Morgan fingerprint density at radius 3 is 2.45 bits per heavy atom. The predicted molar refractivity (Wildman–Crippen MR) is 87.3 cm³/mol. The minimum atomic E-state index is -3.56. The largest absolute Gasteiger partial charge is 0.351 e. The van der Waals surface area contributed by atoms with Crippen molar-refractivity contribution in [3.05, 3.63) is 42.5 Å². The lowest BCUT2D eigenvalue weighted by molar-refractivity contribution is 0.0954. The third-order valence-corrected chi connectivity index (χ3v) is 4.30. The number of amides is 1. The molecule has 0 bridgehead atoms. The lowest BCUT2D eigenvalue weighted by atomic mass is 10.2. The van der Waals surface area contributed by atoms with E-state index in [2.05, 4.69) is 28.9 Å². The first-order chi connectivity index (χ1) is 10.5. The SMILES string of the molecule is C=CCNS(=O)(=O)c1ccc(C(=O)NCCNCCC)cc1. The molecule has 3 N–H and O–H groups in total. The second-order valence-corrected chi connectivity index (χ2v) is 6.44. The summed E-state index contributed by atoms with van der Waals surface area (Å²) in [6.45, 7) is 7.84. The van der Waals surface area contributed by atoms with Crippen molar-refractivity contribution in [2.75, 3.05) is 26.2 Å². The van der Waals surface area contributed by atoms with Crippen LogP contribution in [0.3, 0.4) is 0 Å². The molecule has 0 aromatic heterocycles. The van der Waals surface area contributed by atoms with Crippen molar-refractivity contribution in [2.24, 2.45) is 0 Å². The number of carbonyl (C=O) groups excluding carboxylic acids is 1. The van der Waals surface area contributed by atoms with Crippen LogP contribution in [0.5, 0.6) is 0 Å². The molecule has 7 heteroatoms. The maximum Gasteiger partial charge on any atom is 0.251 e. The van der Waals surface area contributed by atoms with Crippen LogP contribution in [0.2, 0.25) is 0 Å². The summed E-state index contributed by atoms with van der Waals surface area (Å²) in [6, 6.07) is 5.82. The quantitative estimate of drug-likeness (QED) is 0.440. The van der Waals surface area contributed by atoms with E-state index in [1.54, 1.807) is 0 Å². The minimum absolute atomic E-state index is 0.121. The summed E-state index contributed by atoms with van der Waals surface area (Å²) in [5.74, 6) is -0.221. The van der Waals surface area contributed by atoms with Crippen LogP contribution in [0.4, 0.5) is 0 Å². The second kappa shape index (κ2) is 9.34. The van der Waals surface area contributed by atoms with E-state index in [1.807, 2.05) is 0 Å². The molecule has 0 radical (unpaired) electrons. The fraction of sp³-hybridized carbons (Fsp3) is 0.400. The topological polar surface area (TPSA) is 87.3 Å². The molecular formula is C15H23N3O3S. The third kappa shape index (κ3) is 5.97. The molecule has 1 aromatic carbocycles. The maximum absolute atomic E-state index is 11.9. The Morgan fingerprint density at radius 2 is 1.86 bits per heavy atom. The van der Waals surface area contributed by atoms with Gasteiger partial charge in [-0.05, 0) is 37.2 Å². The molecule has 0 aliphatic rings. The monoisotopic (exact) mass is 325 g/mol. The summed E-state index contributed by atoms with van der Waals surface area (Å²) in [5.41, 5.74) is 0.429. The van der Waals surface area contributed by atoms with Crippen LogP contribution in [0.1, 0.15) is 23.7 Å². The van der Waals surface area contributed by atoms with Crippen molar-refractivity contribution >= 4 is 15.9 Å². The van der Waals surface area contributed by atoms with Gasteiger partial charge in [-0.25, -0.2) is 13.1 Å². The molecule has 0 atom stereocenters. The van der Waals surface area contributed by atoms with Gasteiger partial charge in [0.2, 0.25) is 10.0 Å². The van der Waals surface area contributed by atoms with Gasteiger partial charge in [0.15, 0.2) is 0 Å². The molecular weight excluding hydrogens is 302 g/mol. The van der Waals surface area contributed by atoms with Crippen LogP contribution in [0.15, 0.2) is 41.8 Å². The van der Waals surface area contributed by atoms with Crippen LogP contribution in [0.25, 0.3) is 0 Å². The fourth-order valence-corrected chi connectivity index (χ4v) is 2.70. The average Bonchev–Trinajstić information content (AvgIpc) is 2.52. The molecule has 1 rings (SSSR count). The normalized spacial score (nSPS) is 11.1. The molecule has 0 unspecified atom stereocenters. The highest BCUT2D eigenvalue weighted by atomic mass is 32.2. The molecule has 0 heterocycles. The predicted octanol–water partition coefficient (Wildman–Crippen LogP) is 0.880. The van der Waals surface area contributed by atoms with Gasteiger partial charge in [-0.1, -0.05) is 13.0 Å². The number of nitrogens with one attached hydrogen (secondary N) is 3. The summed E-state index contributed by atoms with van der Waals surface area (Å²) in [6.07, 6.45) is 2.51. The molecule has 0 aliphatic heterocycles. The van der Waals surface area contributed by atoms with Gasteiger partial charge in [-0.2, -0.15) is 0 Å². The summed E-state index contributed by atoms with van der Waals surface area (Å²) in [7, 11) is -3.56. The minimum Gasteiger partial charge on any atom is -0.351 e. The highest BCUT2D eigenvalue weighted by molar-refractivity contribution is 7.89. The summed E-state index contributed by atoms with van der Waals surface area (Å²) < 4.78 is 26.1. The van der Waals surface area contributed by atoms with E-state index in [9.17, 15) is 13.2 Å². The number of hydrogen-bond acceptors (Lipinski definition) is 4. The number of benzene rings is 1. The molecule has 0 saturated carbocycles. The Labute approximate surface area is 132 Å². The summed E-state index contributed by atoms with van der Waals surface area (Å²) in [5, 5.41) is 5.95. The van der Waals surface area contributed by atoms with Crippen molar-refractivity contribution in [3.8, 4) is 0 Å². The van der Waals surface area contributed by atoms with E-state index in [0.29, 0.717) is 18.7 Å². The van der Waals surface area contributed by atoms with E-state index in [0.717, 1.165) is 13.0 Å². The van der Waals surface area contributed by atoms with Crippen molar-refractivity contribution in [3.63, 3.8) is 0 Å². The van der Waals surface area contributed by atoms with E-state index < -0.39 is 10.0 Å². The lowest BCUT2D eigenvalue weighted by Crippen LogP contribution is -2.32. The van der Waals surface area contributed by atoms with Gasteiger partial charge in [0.1, 0.15) is 0 Å². The number of hydrogen-bond donors (Lipinski definition) is 3. The van der Waals surface area contributed by atoms with Crippen LogP contribution >= 0.6 is 0 Å². The third-order valence-electron chi connectivity index (χ3n) is 2.86. The zero-order valence-corrected chi connectivity index (χ0v) is 13.6. The molecule has 0 saturated heterocycles. The van der Waals surface area contributed by atoms with Crippen molar-refractivity contribution in [1.29, 1.82) is 0 Å². The molecule has 0 aliphatic carbocycles. The number of carbonyl (C=O) groups is 1. The van der Waals surface area contributed by atoms with E-state index in [-0.39, 0.29) is 17.3 Å². The second-order valence-electron chi connectivity index (χ2n) is 4.67. The first-order valence-electron chi connectivity index (χ1n) is 7.20. The molecule has 0 spiro atoms. The van der Waals surface area contributed by atoms with Gasteiger partial charge >= 0.3 is 0 Å². The highest BCUT2D eigenvalue weighted by Gasteiger charge is 2.13. The summed E-state index contributed by atoms with van der Waals surface area (Å²) in [4.78, 5) is 12.0.